The van der Waals surface area contributed by atoms with Crippen LogP contribution in [0.15, 0.2) is 52.4 Å². The average Bonchev–Trinajstić information content (AvgIpc) is 3.24. The molecule has 30 heavy (non-hydrogen) atoms. The van der Waals surface area contributed by atoms with E-state index < -0.39 is 0 Å². The molecule has 156 valence electrons. The highest BCUT2D eigenvalue weighted by atomic mass is 35.5. The van der Waals surface area contributed by atoms with Crippen LogP contribution in [0.3, 0.4) is 0 Å². The first kappa shape index (κ1) is 20.9. The molecule has 0 spiro atoms. The smallest absolute Gasteiger partial charge is 0.262 e. The van der Waals surface area contributed by atoms with Crippen LogP contribution in [0.1, 0.15) is 18.4 Å². The third-order valence-electron chi connectivity index (χ3n) is 4.97. The lowest BCUT2D eigenvalue weighted by Gasteiger charge is -2.16. The number of benzene rings is 2. The number of carbonyl (C=O) groups excluding carboxylic acids is 1. The Hall–Kier alpha value is -2.35. The van der Waals surface area contributed by atoms with Crippen LogP contribution in [0.2, 0.25) is 5.02 Å². The van der Waals surface area contributed by atoms with Gasteiger partial charge in [0.1, 0.15) is 0 Å². The van der Waals surface area contributed by atoms with Gasteiger partial charge in [-0.25, -0.2) is 4.98 Å². The summed E-state index contributed by atoms with van der Waals surface area (Å²) in [6.07, 6.45) is 1.89. The number of aromatic nitrogens is 2. The standard InChI is InChI=1S/C22H22ClN3O3S/c1-14-8-9-19(17(23)11-14)24-20(27)13-30-22-25-18-7-3-2-6-16(18)21(28)26(22)12-15-5-4-10-29-15/h2-3,6-9,11,15H,4-5,10,12-13H2,1H3,(H,24,27). The van der Waals surface area contributed by atoms with Crippen molar-refractivity contribution < 1.29 is 9.53 Å². The molecule has 1 atom stereocenters. The van der Waals surface area contributed by atoms with Crippen LogP contribution in [0.25, 0.3) is 10.9 Å². The van der Waals surface area contributed by atoms with Gasteiger partial charge in [-0.05, 0) is 49.6 Å². The zero-order chi connectivity index (χ0) is 21.1. The number of anilines is 1. The fraction of sp³-hybridized carbons (Fsp3) is 0.318. The number of hydrogen-bond donors (Lipinski definition) is 1. The normalized spacial score (nSPS) is 16.1. The third-order valence-corrected chi connectivity index (χ3v) is 6.26. The van der Waals surface area contributed by atoms with Gasteiger partial charge in [0.2, 0.25) is 5.91 Å². The van der Waals surface area contributed by atoms with E-state index in [0.29, 0.717) is 39.9 Å². The molecule has 1 aromatic heterocycles. The van der Waals surface area contributed by atoms with E-state index in [2.05, 4.69) is 10.3 Å². The maximum absolute atomic E-state index is 13.1. The summed E-state index contributed by atoms with van der Waals surface area (Å²) in [6, 6.07) is 12.7. The van der Waals surface area contributed by atoms with Crippen LogP contribution < -0.4 is 10.9 Å². The van der Waals surface area contributed by atoms with E-state index >= 15 is 0 Å². The van der Waals surface area contributed by atoms with Gasteiger partial charge < -0.3 is 10.1 Å². The molecule has 1 N–H and O–H groups in total. The highest BCUT2D eigenvalue weighted by molar-refractivity contribution is 7.99. The predicted octanol–water partition coefficient (Wildman–Crippen LogP) is 4.27. The zero-order valence-electron chi connectivity index (χ0n) is 16.6. The molecule has 2 aromatic carbocycles. The summed E-state index contributed by atoms with van der Waals surface area (Å²) in [4.78, 5) is 30.2. The van der Waals surface area contributed by atoms with Crippen LogP contribution in [0.4, 0.5) is 5.69 Å². The van der Waals surface area contributed by atoms with E-state index in [1.807, 2.05) is 31.2 Å². The van der Waals surface area contributed by atoms with Crippen LogP contribution in [0.5, 0.6) is 0 Å². The van der Waals surface area contributed by atoms with Crippen molar-refractivity contribution in [2.75, 3.05) is 17.7 Å². The van der Waals surface area contributed by atoms with E-state index in [9.17, 15) is 9.59 Å². The molecule has 1 saturated heterocycles. The Kier molecular flexibility index (Phi) is 6.41. The first-order chi connectivity index (χ1) is 14.5. The molecule has 6 nitrogen and oxygen atoms in total. The summed E-state index contributed by atoms with van der Waals surface area (Å²) in [6.45, 7) is 3.08. The first-order valence-electron chi connectivity index (χ1n) is 9.81. The van der Waals surface area contributed by atoms with E-state index in [4.69, 9.17) is 16.3 Å². The van der Waals surface area contributed by atoms with Crippen molar-refractivity contribution in [3.8, 4) is 0 Å². The van der Waals surface area contributed by atoms with Crippen LogP contribution in [-0.4, -0.2) is 33.9 Å². The second-order valence-electron chi connectivity index (χ2n) is 7.28. The van der Waals surface area contributed by atoms with Gasteiger partial charge in [0.05, 0.1) is 40.0 Å². The summed E-state index contributed by atoms with van der Waals surface area (Å²) in [7, 11) is 0. The monoisotopic (exact) mass is 443 g/mol. The number of fused-ring (bicyclic) bond motifs is 1. The fourth-order valence-electron chi connectivity index (χ4n) is 3.45. The van der Waals surface area contributed by atoms with Crippen LogP contribution >= 0.6 is 23.4 Å². The molecule has 3 aromatic rings. The first-order valence-corrected chi connectivity index (χ1v) is 11.2. The SMILES string of the molecule is Cc1ccc(NC(=O)CSc2nc3ccccc3c(=O)n2CC2CCCO2)c(Cl)c1. The number of para-hydroxylation sites is 1. The Balaban J connectivity index is 1.56. The van der Waals surface area contributed by atoms with Crippen molar-refractivity contribution >= 4 is 45.9 Å². The summed E-state index contributed by atoms with van der Waals surface area (Å²) in [5.41, 5.74) is 2.10. The molecule has 0 saturated carbocycles. The highest BCUT2D eigenvalue weighted by Gasteiger charge is 2.20. The maximum atomic E-state index is 13.1. The van der Waals surface area contributed by atoms with E-state index in [1.165, 1.54) is 11.8 Å². The van der Waals surface area contributed by atoms with Crippen molar-refractivity contribution in [3.05, 3.63) is 63.4 Å². The van der Waals surface area contributed by atoms with Crippen molar-refractivity contribution in [1.29, 1.82) is 0 Å². The molecule has 0 radical (unpaired) electrons. The number of carbonyl (C=O) groups is 1. The second kappa shape index (κ2) is 9.20. The lowest BCUT2D eigenvalue weighted by atomic mass is 10.2. The lowest BCUT2D eigenvalue weighted by Crippen LogP contribution is -2.29. The minimum atomic E-state index is -0.211. The Labute approximate surface area is 183 Å². The van der Waals surface area contributed by atoms with Crippen LogP contribution in [-0.2, 0) is 16.1 Å². The van der Waals surface area contributed by atoms with Crippen molar-refractivity contribution in [2.45, 2.75) is 37.6 Å². The molecule has 1 amide bonds. The molecule has 1 aliphatic heterocycles. The molecular weight excluding hydrogens is 422 g/mol. The van der Waals surface area contributed by atoms with Crippen molar-refractivity contribution in [3.63, 3.8) is 0 Å². The van der Waals surface area contributed by atoms with Gasteiger partial charge in [0.15, 0.2) is 5.16 Å². The number of nitrogens with one attached hydrogen (secondary N) is 1. The van der Waals surface area contributed by atoms with Gasteiger partial charge in [-0.3, -0.25) is 14.2 Å². The van der Waals surface area contributed by atoms with Gasteiger partial charge in [-0.15, -0.1) is 0 Å². The molecule has 2 heterocycles. The topological polar surface area (TPSA) is 73.2 Å². The number of amides is 1. The lowest BCUT2D eigenvalue weighted by molar-refractivity contribution is -0.113. The summed E-state index contributed by atoms with van der Waals surface area (Å²) in [5, 5.41) is 4.39. The minimum absolute atomic E-state index is 0.00907. The van der Waals surface area contributed by atoms with Gasteiger partial charge in [0.25, 0.3) is 5.56 Å². The highest BCUT2D eigenvalue weighted by Crippen LogP contribution is 2.24. The van der Waals surface area contributed by atoms with E-state index in [-0.39, 0.29) is 23.3 Å². The molecule has 1 unspecified atom stereocenters. The summed E-state index contributed by atoms with van der Waals surface area (Å²) in [5.74, 6) is -0.0997. The minimum Gasteiger partial charge on any atom is -0.376 e. The van der Waals surface area contributed by atoms with Gasteiger partial charge in [-0.1, -0.05) is 41.6 Å². The van der Waals surface area contributed by atoms with E-state index in [0.717, 1.165) is 18.4 Å². The summed E-state index contributed by atoms with van der Waals surface area (Å²) >= 11 is 7.44. The Bertz CT molecular complexity index is 1140. The zero-order valence-corrected chi connectivity index (χ0v) is 18.1. The third kappa shape index (κ3) is 4.69. The summed E-state index contributed by atoms with van der Waals surface area (Å²) < 4.78 is 7.35. The average molecular weight is 444 g/mol. The molecule has 0 bridgehead atoms. The Morgan fingerprint density at radius 3 is 2.93 bits per heavy atom. The molecule has 1 aliphatic rings. The number of aryl methyl sites for hydroxylation is 1. The number of thioether (sulfide) groups is 1. The molecule has 1 fully saturated rings. The number of ether oxygens (including phenoxy) is 1. The maximum Gasteiger partial charge on any atom is 0.262 e. The van der Waals surface area contributed by atoms with Crippen molar-refractivity contribution in [1.82, 2.24) is 9.55 Å². The van der Waals surface area contributed by atoms with Gasteiger partial charge in [0, 0.05) is 6.61 Å². The van der Waals surface area contributed by atoms with Gasteiger partial charge in [-0.2, -0.15) is 0 Å². The molecule has 8 heteroatoms. The second-order valence-corrected chi connectivity index (χ2v) is 8.63. The predicted molar refractivity (Wildman–Crippen MR) is 121 cm³/mol. The number of hydrogen-bond acceptors (Lipinski definition) is 5. The largest absolute Gasteiger partial charge is 0.376 e. The quantitative estimate of drug-likeness (QED) is 0.455. The Morgan fingerprint density at radius 2 is 2.17 bits per heavy atom. The molecular formula is C22H22ClN3O3S. The Morgan fingerprint density at radius 1 is 1.33 bits per heavy atom. The van der Waals surface area contributed by atoms with Crippen LogP contribution in [0, 0.1) is 6.92 Å². The number of rotatable bonds is 6. The van der Waals surface area contributed by atoms with E-state index in [1.54, 1.807) is 22.8 Å². The molecule has 0 aliphatic carbocycles. The van der Waals surface area contributed by atoms with Crippen molar-refractivity contribution in [2.24, 2.45) is 0 Å². The van der Waals surface area contributed by atoms with Gasteiger partial charge >= 0.3 is 0 Å². The number of halogens is 1. The molecule has 4 rings (SSSR count). The number of nitrogens with zero attached hydrogens (tertiary/aromatic N) is 2. The fourth-order valence-corrected chi connectivity index (χ4v) is 4.54.